The minimum absolute atomic E-state index is 0.0879. The van der Waals surface area contributed by atoms with E-state index >= 15 is 0 Å². The van der Waals surface area contributed by atoms with Gasteiger partial charge < -0.3 is 14.8 Å². The molecular formula is C17H26FNO2. The first-order valence-electron chi connectivity index (χ1n) is 7.95. The van der Waals surface area contributed by atoms with Crippen molar-refractivity contribution in [2.75, 3.05) is 32.9 Å². The highest BCUT2D eigenvalue weighted by molar-refractivity contribution is 5.19. The second-order valence-corrected chi connectivity index (χ2v) is 5.64. The topological polar surface area (TPSA) is 30.5 Å². The lowest BCUT2D eigenvalue weighted by atomic mass is 10.0. The minimum Gasteiger partial charge on any atom is -0.381 e. The smallest absolute Gasteiger partial charge is 0.123 e. The summed E-state index contributed by atoms with van der Waals surface area (Å²) in [6.45, 7) is 6.18. The van der Waals surface area contributed by atoms with Crippen molar-refractivity contribution in [3.05, 3.63) is 35.6 Å². The molecule has 1 fully saturated rings. The fourth-order valence-electron chi connectivity index (χ4n) is 2.56. The highest BCUT2D eigenvalue weighted by Gasteiger charge is 2.18. The highest BCUT2D eigenvalue weighted by Crippen LogP contribution is 2.22. The van der Waals surface area contributed by atoms with E-state index in [2.05, 4.69) is 12.2 Å². The fraction of sp³-hybridized carbons (Fsp3) is 0.647. The molecule has 0 saturated carbocycles. The van der Waals surface area contributed by atoms with Crippen molar-refractivity contribution >= 4 is 0 Å². The third-order valence-electron chi connectivity index (χ3n) is 3.85. The van der Waals surface area contributed by atoms with E-state index in [4.69, 9.17) is 9.47 Å². The van der Waals surface area contributed by atoms with Gasteiger partial charge in [0.25, 0.3) is 0 Å². The molecule has 0 amide bonds. The third kappa shape index (κ3) is 5.73. The van der Waals surface area contributed by atoms with Gasteiger partial charge in [-0.2, -0.15) is 0 Å². The molecule has 1 aromatic rings. The van der Waals surface area contributed by atoms with Crippen LogP contribution in [0, 0.1) is 11.7 Å². The standard InChI is InChI=1S/C17H26FNO2/c1-2-8-19-12-17(15-4-3-5-16(18)11-15)21-13-14-6-9-20-10-7-14/h3-5,11,14,17,19H,2,6-10,12-13H2,1H3. The first-order valence-corrected chi connectivity index (χ1v) is 7.95. The summed E-state index contributed by atoms with van der Waals surface area (Å²) in [6, 6.07) is 6.72. The number of halogens is 1. The van der Waals surface area contributed by atoms with Gasteiger partial charge in [0.05, 0.1) is 12.7 Å². The molecule has 1 N–H and O–H groups in total. The summed E-state index contributed by atoms with van der Waals surface area (Å²) in [5.41, 5.74) is 0.908. The summed E-state index contributed by atoms with van der Waals surface area (Å²) in [4.78, 5) is 0. The summed E-state index contributed by atoms with van der Waals surface area (Å²) >= 11 is 0. The summed E-state index contributed by atoms with van der Waals surface area (Å²) in [5.74, 6) is 0.351. The van der Waals surface area contributed by atoms with Crippen molar-refractivity contribution in [2.24, 2.45) is 5.92 Å². The van der Waals surface area contributed by atoms with Gasteiger partial charge in [-0.3, -0.25) is 0 Å². The molecule has 1 heterocycles. The van der Waals surface area contributed by atoms with Crippen LogP contribution in [0.25, 0.3) is 0 Å². The second kappa shape index (κ2) is 9.13. The van der Waals surface area contributed by atoms with Crippen LogP contribution in [0.3, 0.4) is 0 Å². The van der Waals surface area contributed by atoms with Gasteiger partial charge in [-0.15, -0.1) is 0 Å². The predicted octanol–water partition coefficient (Wildman–Crippen LogP) is 3.31. The number of hydrogen-bond donors (Lipinski definition) is 1. The molecule has 1 atom stereocenters. The zero-order chi connectivity index (χ0) is 14.9. The molecule has 1 saturated heterocycles. The van der Waals surface area contributed by atoms with Crippen LogP contribution in [-0.4, -0.2) is 32.9 Å². The van der Waals surface area contributed by atoms with Gasteiger partial charge in [0.2, 0.25) is 0 Å². The monoisotopic (exact) mass is 295 g/mol. The second-order valence-electron chi connectivity index (χ2n) is 5.64. The average Bonchev–Trinajstić information content (AvgIpc) is 2.52. The molecular weight excluding hydrogens is 269 g/mol. The molecule has 0 aliphatic carbocycles. The Bertz CT molecular complexity index is 408. The summed E-state index contributed by atoms with van der Waals surface area (Å²) in [7, 11) is 0. The van der Waals surface area contributed by atoms with E-state index in [-0.39, 0.29) is 11.9 Å². The molecule has 1 aliphatic rings. The molecule has 2 rings (SSSR count). The molecule has 0 aromatic heterocycles. The first-order chi connectivity index (χ1) is 10.3. The van der Waals surface area contributed by atoms with Gasteiger partial charge >= 0.3 is 0 Å². The van der Waals surface area contributed by atoms with Crippen LogP contribution in [0.15, 0.2) is 24.3 Å². The van der Waals surface area contributed by atoms with Crippen LogP contribution >= 0.6 is 0 Å². The van der Waals surface area contributed by atoms with Crippen LogP contribution in [0.2, 0.25) is 0 Å². The molecule has 4 heteroatoms. The molecule has 1 aliphatic heterocycles. The van der Waals surface area contributed by atoms with Crippen molar-refractivity contribution in [3.8, 4) is 0 Å². The Labute approximate surface area is 126 Å². The number of nitrogens with one attached hydrogen (secondary N) is 1. The lowest BCUT2D eigenvalue weighted by molar-refractivity contribution is -0.0114. The van der Waals surface area contributed by atoms with Gasteiger partial charge in [-0.1, -0.05) is 19.1 Å². The normalized spacial score (nSPS) is 17.8. The van der Waals surface area contributed by atoms with Crippen molar-refractivity contribution in [1.29, 1.82) is 0 Å². The van der Waals surface area contributed by atoms with E-state index in [0.29, 0.717) is 5.92 Å². The first kappa shape index (κ1) is 16.4. The molecule has 0 bridgehead atoms. The fourth-order valence-corrected chi connectivity index (χ4v) is 2.56. The lowest BCUT2D eigenvalue weighted by Gasteiger charge is -2.25. The largest absolute Gasteiger partial charge is 0.381 e. The van der Waals surface area contributed by atoms with Gasteiger partial charge in [0.15, 0.2) is 0 Å². The summed E-state index contributed by atoms with van der Waals surface area (Å²) < 4.78 is 24.9. The van der Waals surface area contributed by atoms with Crippen molar-refractivity contribution in [3.63, 3.8) is 0 Å². The van der Waals surface area contributed by atoms with Crippen LogP contribution in [0.5, 0.6) is 0 Å². The average molecular weight is 295 g/mol. The van der Waals surface area contributed by atoms with Gasteiger partial charge in [-0.25, -0.2) is 4.39 Å². The Hall–Kier alpha value is -0.970. The minimum atomic E-state index is -0.206. The molecule has 0 radical (unpaired) electrons. The highest BCUT2D eigenvalue weighted by atomic mass is 19.1. The summed E-state index contributed by atoms with van der Waals surface area (Å²) in [5, 5.41) is 3.37. The molecule has 118 valence electrons. The third-order valence-corrected chi connectivity index (χ3v) is 3.85. The van der Waals surface area contributed by atoms with Gasteiger partial charge in [0.1, 0.15) is 5.82 Å². The van der Waals surface area contributed by atoms with Crippen LogP contribution in [0.1, 0.15) is 37.9 Å². The van der Waals surface area contributed by atoms with E-state index in [0.717, 1.165) is 57.7 Å². The zero-order valence-corrected chi connectivity index (χ0v) is 12.8. The zero-order valence-electron chi connectivity index (χ0n) is 12.8. The van der Waals surface area contributed by atoms with Crippen molar-refractivity contribution < 1.29 is 13.9 Å². The Morgan fingerprint density at radius 1 is 1.38 bits per heavy atom. The number of benzene rings is 1. The molecule has 3 nitrogen and oxygen atoms in total. The Balaban J connectivity index is 1.91. The number of ether oxygens (including phenoxy) is 2. The SMILES string of the molecule is CCCNCC(OCC1CCOCC1)c1cccc(F)c1. The van der Waals surface area contributed by atoms with Crippen LogP contribution in [0.4, 0.5) is 4.39 Å². The molecule has 1 aromatic carbocycles. The molecule has 1 unspecified atom stereocenters. The lowest BCUT2D eigenvalue weighted by Crippen LogP contribution is -2.27. The van der Waals surface area contributed by atoms with Crippen LogP contribution < -0.4 is 5.32 Å². The molecule has 0 spiro atoms. The van der Waals surface area contributed by atoms with E-state index in [1.54, 1.807) is 12.1 Å². The maximum absolute atomic E-state index is 13.4. The quantitative estimate of drug-likeness (QED) is 0.746. The number of rotatable bonds is 8. The van der Waals surface area contributed by atoms with Crippen LogP contribution in [-0.2, 0) is 9.47 Å². The molecule has 21 heavy (non-hydrogen) atoms. The van der Waals surface area contributed by atoms with Crippen molar-refractivity contribution in [2.45, 2.75) is 32.3 Å². The summed E-state index contributed by atoms with van der Waals surface area (Å²) in [6.07, 6.45) is 3.10. The van der Waals surface area contributed by atoms with Gasteiger partial charge in [0, 0.05) is 19.8 Å². The van der Waals surface area contributed by atoms with E-state index in [1.807, 2.05) is 6.07 Å². The van der Waals surface area contributed by atoms with E-state index in [9.17, 15) is 4.39 Å². The maximum atomic E-state index is 13.4. The maximum Gasteiger partial charge on any atom is 0.123 e. The Morgan fingerprint density at radius 3 is 2.90 bits per heavy atom. The van der Waals surface area contributed by atoms with Crippen molar-refractivity contribution in [1.82, 2.24) is 5.32 Å². The number of hydrogen-bond acceptors (Lipinski definition) is 3. The van der Waals surface area contributed by atoms with E-state index < -0.39 is 0 Å². The van der Waals surface area contributed by atoms with Gasteiger partial charge in [-0.05, 0) is 49.4 Å². The Kier molecular flexibility index (Phi) is 7.13. The Morgan fingerprint density at radius 2 is 2.19 bits per heavy atom. The van der Waals surface area contributed by atoms with E-state index in [1.165, 1.54) is 6.07 Å². The predicted molar refractivity (Wildman–Crippen MR) is 81.8 cm³/mol.